The second-order valence-corrected chi connectivity index (χ2v) is 8.48. The fourth-order valence-corrected chi connectivity index (χ4v) is 4.85. The molecule has 0 fully saturated rings. The van der Waals surface area contributed by atoms with Gasteiger partial charge in [-0.15, -0.1) is 11.3 Å². The van der Waals surface area contributed by atoms with E-state index in [1.54, 1.807) is 25.2 Å². The molecule has 7 nitrogen and oxygen atoms in total. The molecule has 0 aliphatic carbocycles. The number of para-hydroxylation sites is 1. The van der Waals surface area contributed by atoms with Gasteiger partial charge < -0.3 is 15.4 Å². The van der Waals surface area contributed by atoms with Crippen LogP contribution in [0.25, 0.3) is 21.6 Å². The summed E-state index contributed by atoms with van der Waals surface area (Å²) < 4.78 is 5.19. The van der Waals surface area contributed by atoms with Crippen molar-refractivity contribution in [2.75, 3.05) is 12.4 Å². The molecule has 3 aromatic rings. The van der Waals surface area contributed by atoms with Crippen LogP contribution in [0.4, 0.5) is 4.79 Å². The average Bonchev–Trinajstić information content (AvgIpc) is 3.26. The van der Waals surface area contributed by atoms with Crippen LogP contribution in [0.2, 0.25) is 0 Å². The van der Waals surface area contributed by atoms with Gasteiger partial charge in [0.05, 0.1) is 28.6 Å². The molecule has 1 aliphatic heterocycles. The Bertz CT molecular complexity index is 1130. The van der Waals surface area contributed by atoms with E-state index in [0.717, 1.165) is 20.8 Å². The number of carbonyl (C=O) groups is 2. The molecular weight excluding hydrogens is 420 g/mol. The number of thioether (sulfide) groups is 1. The third kappa shape index (κ3) is 4.17. The maximum absolute atomic E-state index is 12.5. The van der Waals surface area contributed by atoms with Crippen molar-refractivity contribution in [1.29, 1.82) is 0 Å². The van der Waals surface area contributed by atoms with Crippen molar-refractivity contribution in [2.24, 2.45) is 0 Å². The van der Waals surface area contributed by atoms with E-state index in [1.807, 2.05) is 41.8 Å². The topological polar surface area (TPSA) is 93.2 Å². The Labute approximate surface area is 181 Å². The highest BCUT2D eigenvalue weighted by Crippen LogP contribution is 2.31. The number of thiophene rings is 1. The minimum Gasteiger partial charge on any atom is -0.463 e. The van der Waals surface area contributed by atoms with Crippen LogP contribution < -0.4 is 10.6 Å². The smallest absolute Gasteiger partial charge is 0.337 e. The highest BCUT2D eigenvalue weighted by molar-refractivity contribution is 7.99. The zero-order chi connectivity index (χ0) is 21.1. The van der Waals surface area contributed by atoms with Gasteiger partial charge in [0.2, 0.25) is 0 Å². The lowest BCUT2D eigenvalue weighted by Gasteiger charge is -2.26. The zero-order valence-electron chi connectivity index (χ0n) is 16.5. The first-order chi connectivity index (χ1) is 14.6. The van der Waals surface area contributed by atoms with Crippen LogP contribution in [0.15, 0.2) is 58.1 Å². The number of hydrogen-bond acceptors (Lipinski definition) is 7. The van der Waals surface area contributed by atoms with Crippen LogP contribution in [0.5, 0.6) is 0 Å². The molecule has 1 aromatic carbocycles. The van der Waals surface area contributed by atoms with Gasteiger partial charge in [0.25, 0.3) is 0 Å². The fraction of sp³-hybridized carbons (Fsp3) is 0.238. The van der Waals surface area contributed by atoms with Crippen LogP contribution in [0, 0.1) is 0 Å². The van der Waals surface area contributed by atoms with Gasteiger partial charge in [0.15, 0.2) is 5.82 Å². The first kappa shape index (κ1) is 20.4. The summed E-state index contributed by atoms with van der Waals surface area (Å²) in [6.07, 6.45) is 0. The number of rotatable bonds is 6. The number of fused-ring (bicyclic) bond motifs is 1. The van der Waals surface area contributed by atoms with Crippen molar-refractivity contribution in [3.05, 3.63) is 53.0 Å². The third-order valence-electron chi connectivity index (χ3n) is 4.53. The Morgan fingerprint density at radius 1 is 1.23 bits per heavy atom. The number of carbonyl (C=O) groups excluding carboxylic acids is 2. The summed E-state index contributed by atoms with van der Waals surface area (Å²) >= 11 is 3.04. The van der Waals surface area contributed by atoms with Crippen LogP contribution in [-0.4, -0.2) is 40.4 Å². The van der Waals surface area contributed by atoms with Gasteiger partial charge in [-0.1, -0.05) is 36.0 Å². The lowest BCUT2D eigenvalue weighted by Crippen LogP contribution is -2.49. The van der Waals surface area contributed by atoms with Crippen LogP contribution in [-0.2, 0) is 9.53 Å². The number of amides is 2. The summed E-state index contributed by atoms with van der Waals surface area (Å²) in [4.78, 5) is 34.9. The molecule has 2 amide bonds. The molecule has 0 saturated heterocycles. The van der Waals surface area contributed by atoms with Crippen molar-refractivity contribution in [3.8, 4) is 10.7 Å². The van der Waals surface area contributed by atoms with Crippen molar-refractivity contribution in [1.82, 2.24) is 20.6 Å². The number of nitrogens with zero attached hydrogens (tertiary/aromatic N) is 2. The average molecular weight is 441 g/mol. The van der Waals surface area contributed by atoms with Crippen LogP contribution in [0.1, 0.15) is 13.8 Å². The number of hydrogen-bond donors (Lipinski definition) is 2. The predicted octanol–water partition coefficient (Wildman–Crippen LogP) is 3.97. The minimum absolute atomic E-state index is 0.268. The predicted molar refractivity (Wildman–Crippen MR) is 118 cm³/mol. The van der Waals surface area contributed by atoms with E-state index in [2.05, 4.69) is 15.6 Å². The van der Waals surface area contributed by atoms with E-state index in [9.17, 15) is 9.59 Å². The first-order valence-corrected chi connectivity index (χ1v) is 11.3. The molecule has 0 bridgehead atoms. The molecule has 154 valence electrons. The van der Waals surface area contributed by atoms with Gasteiger partial charge in [-0.3, -0.25) is 0 Å². The van der Waals surface area contributed by atoms with E-state index >= 15 is 0 Å². The number of urea groups is 1. The number of benzene rings is 1. The SMILES string of the molecule is CCOC(=O)C1=C(CSc2nc(-c3cccs3)nc3ccccc23)NC(=O)NC1C. The Balaban J connectivity index is 1.70. The highest BCUT2D eigenvalue weighted by Gasteiger charge is 2.29. The van der Waals surface area contributed by atoms with Crippen molar-refractivity contribution < 1.29 is 14.3 Å². The maximum atomic E-state index is 12.5. The van der Waals surface area contributed by atoms with Crippen LogP contribution in [0.3, 0.4) is 0 Å². The Hall–Kier alpha value is -2.91. The summed E-state index contributed by atoms with van der Waals surface area (Å²) in [5.41, 5.74) is 1.82. The molecule has 1 unspecified atom stereocenters. The molecule has 0 spiro atoms. The largest absolute Gasteiger partial charge is 0.463 e. The van der Waals surface area contributed by atoms with Crippen molar-refractivity contribution in [3.63, 3.8) is 0 Å². The normalized spacial score (nSPS) is 16.3. The molecule has 9 heteroatoms. The van der Waals surface area contributed by atoms with E-state index in [4.69, 9.17) is 9.72 Å². The summed E-state index contributed by atoms with van der Waals surface area (Å²) in [6.45, 7) is 3.79. The molecule has 2 N–H and O–H groups in total. The van der Waals surface area contributed by atoms with E-state index in [-0.39, 0.29) is 12.6 Å². The molecule has 0 saturated carbocycles. The molecule has 0 radical (unpaired) electrons. The third-order valence-corrected chi connectivity index (χ3v) is 6.41. The monoisotopic (exact) mass is 440 g/mol. The fourth-order valence-electron chi connectivity index (χ4n) is 3.21. The molecular formula is C21H20N4O3S2. The zero-order valence-corrected chi connectivity index (χ0v) is 18.1. The Morgan fingerprint density at radius 3 is 2.83 bits per heavy atom. The number of aromatic nitrogens is 2. The number of nitrogens with one attached hydrogen (secondary N) is 2. The quantitative estimate of drug-likeness (QED) is 0.342. The first-order valence-electron chi connectivity index (χ1n) is 9.48. The van der Waals surface area contributed by atoms with E-state index in [1.165, 1.54) is 11.8 Å². The molecule has 2 aromatic heterocycles. The molecule has 1 aliphatic rings. The second-order valence-electron chi connectivity index (χ2n) is 6.57. The molecule has 30 heavy (non-hydrogen) atoms. The number of esters is 1. The molecule has 1 atom stereocenters. The molecule has 3 heterocycles. The van der Waals surface area contributed by atoms with Gasteiger partial charge >= 0.3 is 12.0 Å². The summed E-state index contributed by atoms with van der Waals surface area (Å²) in [6, 6.07) is 11.0. The highest BCUT2D eigenvalue weighted by atomic mass is 32.2. The summed E-state index contributed by atoms with van der Waals surface area (Å²) in [5, 5.41) is 9.18. The molecule has 4 rings (SSSR count). The summed E-state index contributed by atoms with van der Waals surface area (Å²) in [5.74, 6) is 0.602. The van der Waals surface area contributed by atoms with Crippen molar-refractivity contribution >= 4 is 46.0 Å². The minimum atomic E-state index is -0.433. The Morgan fingerprint density at radius 2 is 2.07 bits per heavy atom. The van der Waals surface area contributed by atoms with E-state index < -0.39 is 12.0 Å². The van der Waals surface area contributed by atoms with Crippen molar-refractivity contribution in [2.45, 2.75) is 24.9 Å². The maximum Gasteiger partial charge on any atom is 0.337 e. The van der Waals surface area contributed by atoms with Gasteiger partial charge in [-0.2, -0.15) is 0 Å². The lowest BCUT2D eigenvalue weighted by molar-refractivity contribution is -0.138. The lowest BCUT2D eigenvalue weighted by atomic mass is 10.1. The Kier molecular flexibility index (Phi) is 6.01. The van der Waals surface area contributed by atoms with Gasteiger partial charge in [0, 0.05) is 16.8 Å². The standard InChI is InChI=1S/C21H20N4O3S2/c1-3-28-20(26)17-12(2)22-21(27)24-15(17)11-30-19-13-7-4-5-8-14(13)23-18(25-19)16-9-6-10-29-16/h4-10,12H,3,11H2,1-2H3,(H2,22,24,27). The van der Waals surface area contributed by atoms with Crippen LogP contribution >= 0.6 is 23.1 Å². The summed E-state index contributed by atoms with van der Waals surface area (Å²) in [7, 11) is 0. The van der Waals surface area contributed by atoms with Gasteiger partial charge in [-0.25, -0.2) is 19.6 Å². The van der Waals surface area contributed by atoms with E-state index in [0.29, 0.717) is 22.8 Å². The second kappa shape index (κ2) is 8.85. The number of ether oxygens (including phenoxy) is 1. The van der Waals surface area contributed by atoms with Gasteiger partial charge in [-0.05, 0) is 31.4 Å². The van der Waals surface area contributed by atoms with Gasteiger partial charge in [0.1, 0.15) is 5.03 Å².